The quantitative estimate of drug-likeness (QED) is 0.923. The van der Waals surface area contributed by atoms with Crippen molar-refractivity contribution in [1.82, 2.24) is 9.78 Å². The summed E-state index contributed by atoms with van der Waals surface area (Å²) in [5.74, 6) is 0.472. The number of ether oxygens (including phenoxy) is 1. The average molecular weight is 285 g/mol. The number of aryl methyl sites for hydroxylation is 4. The molecule has 0 atom stereocenters. The molecule has 0 saturated carbocycles. The predicted molar refractivity (Wildman–Crippen MR) is 80.9 cm³/mol. The van der Waals surface area contributed by atoms with E-state index in [9.17, 15) is 4.79 Å². The number of carbonyl (C=O) groups excluding carboxylic acids is 1. The molecule has 1 aliphatic rings. The van der Waals surface area contributed by atoms with Crippen LogP contribution in [0.1, 0.15) is 33.6 Å². The lowest BCUT2D eigenvalue weighted by Gasteiger charge is -2.13. The minimum Gasteiger partial charge on any atom is -0.478 e. The molecule has 21 heavy (non-hydrogen) atoms. The molecule has 1 aromatic carbocycles. The maximum Gasteiger partial charge on any atom is 0.276 e. The molecule has 5 heteroatoms. The Balaban J connectivity index is 1.85. The zero-order chi connectivity index (χ0) is 15.0. The molecule has 1 N–H and O–H groups in total. The fraction of sp³-hybridized carbons (Fsp3) is 0.375. The fourth-order valence-corrected chi connectivity index (χ4v) is 2.73. The highest BCUT2D eigenvalue weighted by Crippen LogP contribution is 2.24. The maximum atomic E-state index is 12.4. The van der Waals surface area contributed by atoms with Crippen molar-refractivity contribution >= 4 is 11.6 Å². The van der Waals surface area contributed by atoms with Crippen molar-refractivity contribution in [3.63, 3.8) is 0 Å². The van der Waals surface area contributed by atoms with Crippen LogP contribution in [0.2, 0.25) is 0 Å². The van der Waals surface area contributed by atoms with Gasteiger partial charge in [-0.25, -0.2) is 4.68 Å². The molecule has 1 aromatic heterocycles. The Morgan fingerprint density at radius 2 is 1.95 bits per heavy atom. The third-order valence-corrected chi connectivity index (χ3v) is 3.66. The van der Waals surface area contributed by atoms with Crippen LogP contribution in [-0.2, 0) is 6.54 Å². The Hall–Kier alpha value is -2.30. The SMILES string of the molecule is Cc1cc(C)c(NC(=O)c2cc3n(n2)CCCO3)c(C)c1. The van der Waals surface area contributed by atoms with Crippen LogP contribution in [0.3, 0.4) is 0 Å². The van der Waals surface area contributed by atoms with Gasteiger partial charge in [-0.05, 0) is 31.9 Å². The van der Waals surface area contributed by atoms with E-state index in [0.717, 1.165) is 29.8 Å². The lowest BCUT2D eigenvalue weighted by atomic mass is 10.1. The van der Waals surface area contributed by atoms with Gasteiger partial charge < -0.3 is 10.1 Å². The standard InChI is InChI=1S/C16H19N3O2/c1-10-7-11(2)15(12(3)8-10)17-16(20)13-9-14-19(18-13)5-4-6-21-14/h7-9H,4-6H2,1-3H3,(H,17,20). The molecule has 0 fully saturated rings. The molecule has 2 heterocycles. The predicted octanol–water partition coefficient (Wildman–Crippen LogP) is 2.84. The average Bonchev–Trinajstić information content (AvgIpc) is 2.86. The monoisotopic (exact) mass is 285 g/mol. The van der Waals surface area contributed by atoms with Crippen molar-refractivity contribution in [2.75, 3.05) is 11.9 Å². The Bertz CT molecular complexity index is 657. The molecule has 0 radical (unpaired) electrons. The van der Waals surface area contributed by atoms with E-state index >= 15 is 0 Å². The second-order valence-electron chi connectivity index (χ2n) is 5.52. The number of anilines is 1. The minimum atomic E-state index is -0.199. The van der Waals surface area contributed by atoms with Crippen molar-refractivity contribution in [2.45, 2.75) is 33.7 Å². The van der Waals surface area contributed by atoms with Crippen LogP contribution in [0.5, 0.6) is 5.88 Å². The van der Waals surface area contributed by atoms with Gasteiger partial charge in [-0.3, -0.25) is 4.79 Å². The molecule has 110 valence electrons. The summed E-state index contributed by atoms with van der Waals surface area (Å²) in [7, 11) is 0. The summed E-state index contributed by atoms with van der Waals surface area (Å²) in [4.78, 5) is 12.4. The van der Waals surface area contributed by atoms with Gasteiger partial charge in [-0.2, -0.15) is 5.10 Å². The number of aromatic nitrogens is 2. The highest BCUT2D eigenvalue weighted by molar-refractivity contribution is 6.03. The molecule has 0 aliphatic carbocycles. The lowest BCUT2D eigenvalue weighted by Crippen LogP contribution is -2.16. The first-order valence-electron chi connectivity index (χ1n) is 7.14. The van der Waals surface area contributed by atoms with Gasteiger partial charge in [0, 0.05) is 24.7 Å². The van der Waals surface area contributed by atoms with Crippen molar-refractivity contribution in [3.8, 4) is 5.88 Å². The summed E-state index contributed by atoms with van der Waals surface area (Å²) in [6, 6.07) is 5.82. The highest BCUT2D eigenvalue weighted by atomic mass is 16.5. The largest absolute Gasteiger partial charge is 0.478 e. The molecular formula is C16H19N3O2. The van der Waals surface area contributed by atoms with Gasteiger partial charge in [0.2, 0.25) is 5.88 Å². The van der Waals surface area contributed by atoms with Crippen LogP contribution in [0.25, 0.3) is 0 Å². The summed E-state index contributed by atoms with van der Waals surface area (Å²) in [5.41, 5.74) is 4.56. The summed E-state index contributed by atoms with van der Waals surface area (Å²) < 4.78 is 7.23. The number of rotatable bonds is 2. The van der Waals surface area contributed by atoms with Crippen LogP contribution in [0, 0.1) is 20.8 Å². The van der Waals surface area contributed by atoms with E-state index in [1.54, 1.807) is 10.7 Å². The number of nitrogens with zero attached hydrogens (tertiary/aromatic N) is 2. The number of hydrogen-bond donors (Lipinski definition) is 1. The van der Waals surface area contributed by atoms with Gasteiger partial charge in [0.05, 0.1) is 6.61 Å². The number of benzene rings is 1. The van der Waals surface area contributed by atoms with E-state index in [1.165, 1.54) is 5.56 Å². The van der Waals surface area contributed by atoms with Crippen molar-refractivity contribution in [2.24, 2.45) is 0 Å². The summed E-state index contributed by atoms with van der Waals surface area (Å²) in [5, 5.41) is 7.26. The second-order valence-corrected chi connectivity index (χ2v) is 5.52. The summed E-state index contributed by atoms with van der Waals surface area (Å²) in [6.07, 6.45) is 0.923. The topological polar surface area (TPSA) is 56.2 Å². The molecule has 0 saturated heterocycles. The van der Waals surface area contributed by atoms with Crippen molar-refractivity contribution in [1.29, 1.82) is 0 Å². The first kappa shape index (κ1) is 13.7. The molecule has 0 spiro atoms. The van der Waals surface area contributed by atoms with E-state index in [2.05, 4.69) is 22.5 Å². The highest BCUT2D eigenvalue weighted by Gasteiger charge is 2.19. The van der Waals surface area contributed by atoms with E-state index in [1.807, 2.05) is 20.8 Å². The van der Waals surface area contributed by atoms with Crippen LogP contribution >= 0.6 is 0 Å². The molecule has 0 bridgehead atoms. The van der Waals surface area contributed by atoms with Crippen LogP contribution in [0.4, 0.5) is 5.69 Å². The third-order valence-electron chi connectivity index (χ3n) is 3.66. The Morgan fingerprint density at radius 3 is 2.62 bits per heavy atom. The van der Waals surface area contributed by atoms with Crippen LogP contribution in [-0.4, -0.2) is 22.3 Å². The van der Waals surface area contributed by atoms with Crippen molar-refractivity contribution in [3.05, 3.63) is 40.6 Å². The molecule has 0 unspecified atom stereocenters. The van der Waals surface area contributed by atoms with Crippen LogP contribution in [0.15, 0.2) is 18.2 Å². The summed E-state index contributed by atoms with van der Waals surface area (Å²) in [6.45, 7) is 7.52. The molecule has 1 aliphatic heterocycles. The number of nitrogens with one attached hydrogen (secondary N) is 1. The van der Waals surface area contributed by atoms with E-state index in [4.69, 9.17) is 4.74 Å². The van der Waals surface area contributed by atoms with Gasteiger partial charge in [0.15, 0.2) is 5.69 Å². The van der Waals surface area contributed by atoms with Gasteiger partial charge in [-0.1, -0.05) is 17.7 Å². The smallest absolute Gasteiger partial charge is 0.276 e. The van der Waals surface area contributed by atoms with Gasteiger partial charge in [0.1, 0.15) is 0 Å². The van der Waals surface area contributed by atoms with E-state index in [0.29, 0.717) is 18.2 Å². The molecule has 2 aromatic rings. The third kappa shape index (κ3) is 2.63. The van der Waals surface area contributed by atoms with E-state index < -0.39 is 0 Å². The Labute approximate surface area is 123 Å². The normalized spacial score (nSPS) is 13.5. The summed E-state index contributed by atoms with van der Waals surface area (Å²) >= 11 is 0. The van der Waals surface area contributed by atoms with Gasteiger partial charge in [0.25, 0.3) is 5.91 Å². The number of hydrogen-bond acceptors (Lipinski definition) is 3. The molecule has 1 amide bonds. The van der Waals surface area contributed by atoms with Crippen molar-refractivity contribution < 1.29 is 9.53 Å². The van der Waals surface area contributed by atoms with Gasteiger partial charge in [-0.15, -0.1) is 0 Å². The number of amides is 1. The lowest BCUT2D eigenvalue weighted by molar-refractivity contribution is 0.102. The number of carbonyl (C=O) groups is 1. The zero-order valence-corrected chi connectivity index (χ0v) is 12.6. The Kier molecular flexibility index (Phi) is 3.41. The molecule has 3 rings (SSSR count). The second kappa shape index (κ2) is 5.24. The first-order chi connectivity index (χ1) is 10.0. The maximum absolute atomic E-state index is 12.4. The molecule has 5 nitrogen and oxygen atoms in total. The van der Waals surface area contributed by atoms with E-state index in [-0.39, 0.29) is 5.91 Å². The molecular weight excluding hydrogens is 266 g/mol. The van der Waals surface area contributed by atoms with Gasteiger partial charge >= 0.3 is 0 Å². The number of fused-ring (bicyclic) bond motifs is 1. The minimum absolute atomic E-state index is 0.199. The Morgan fingerprint density at radius 1 is 1.24 bits per heavy atom. The first-order valence-corrected chi connectivity index (χ1v) is 7.14. The fourth-order valence-electron chi connectivity index (χ4n) is 2.73. The zero-order valence-electron chi connectivity index (χ0n) is 12.6. The van der Waals surface area contributed by atoms with Crippen LogP contribution < -0.4 is 10.1 Å².